The molecule has 0 aliphatic heterocycles. The van der Waals surface area contributed by atoms with Crippen molar-refractivity contribution in [1.29, 1.82) is 0 Å². The summed E-state index contributed by atoms with van der Waals surface area (Å²) in [7, 11) is 1.25. The van der Waals surface area contributed by atoms with Crippen LogP contribution in [0.2, 0.25) is 0 Å². The summed E-state index contributed by atoms with van der Waals surface area (Å²) in [5, 5.41) is 6.77. The van der Waals surface area contributed by atoms with Crippen LogP contribution in [0.15, 0.2) is 6.20 Å². The fourth-order valence-corrected chi connectivity index (χ4v) is 1.39. The van der Waals surface area contributed by atoms with E-state index in [-0.39, 0.29) is 29.9 Å². The van der Waals surface area contributed by atoms with Crippen LogP contribution in [-0.2, 0) is 16.1 Å². The molecule has 7 heteroatoms. The summed E-state index contributed by atoms with van der Waals surface area (Å²) in [5.41, 5.74) is 5.84. The highest BCUT2D eigenvalue weighted by Gasteiger charge is 2.17. The van der Waals surface area contributed by atoms with Crippen LogP contribution in [0, 0.1) is 5.92 Å². The molecule has 1 aromatic rings. The fraction of sp³-hybridized carbons (Fsp3) is 0.583. The molecule has 0 saturated carbocycles. The van der Waals surface area contributed by atoms with E-state index in [0.717, 1.165) is 0 Å². The number of nitrogen functional groups attached to an aromatic ring is 1. The quantitative estimate of drug-likeness (QED) is 0.754. The standard InChI is InChI=1S/C12H20N4O3/c1-7(2)8(3)14-10(17)6-16-5-9(13)11(15-16)12(18)19-4/h5,7-8H,6,13H2,1-4H3,(H,14,17). The van der Waals surface area contributed by atoms with Gasteiger partial charge < -0.3 is 15.8 Å². The topological polar surface area (TPSA) is 99.2 Å². The van der Waals surface area contributed by atoms with Crippen LogP contribution in [0.3, 0.4) is 0 Å². The molecule has 1 aromatic heterocycles. The molecule has 0 aromatic carbocycles. The predicted molar refractivity (Wildman–Crippen MR) is 70.4 cm³/mol. The predicted octanol–water partition coefficient (Wildman–Crippen LogP) is 0.413. The zero-order valence-corrected chi connectivity index (χ0v) is 11.6. The molecule has 1 heterocycles. The smallest absolute Gasteiger partial charge is 0.360 e. The number of anilines is 1. The Morgan fingerprint density at radius 3 is 2.63 bits per heavy atom. The molecule has 1 unspecified atom stereocenters. The number of aromatic nitrogens is 2. The first-order chi connectivity index (χ1) is 8.85. The number of hydrogen-bond donors (Lipinski definition) is 2. The second kappa shape index (κ2) is 6.21. The minimum absolute atomic E-state index is 0.0122. The number of rotatable bonds is 5. The first-order valence-electron chi connectivity index (χ1n) is 6.05. The van der Waals surface area contributed by atoms with Gasteiger partial charge in [-0.1, -0.05) is 13.8 Å². The van der Waals surface area contributed by atoms with E-state index in [4.69, 9.17) is 5.73 Å². The highest BCUT2D eigenvalue weighted by atomic mass is 16.5. The second-order valence-corrected chi connectivity index (χ2v) is 4.72. The zero-order valence-electron chi connectivity index (χ0n) is 11.6. The summed E-state index contributed by atoms with van der Waals surface area (Å²) in [5.74, 6) is -0.454. The molecule has 0 aliphatic carbocycles. The lowest BCUT2D eigenvalue weighted by Crippen LogP contribution is -2.38. The molecule has 0 bridgehead atoms. The molecule has 19 heavy (non-hydrogen) atoms. The highest BCUT2D eigenvalue weighted by molar-refractivity contribution is 5.92. The summed E-state index contributed by atoms with van der Waals surface area (Å²) in [6.07, 6.45) is 1.44. The van der Waals surface area contributed by atoms with Gasteiger partial charge in [0.25, 0.3) is 0 Å². The fourth-order valence-electron chi connectivity index (χ4n) is 1.39. The third kappa shape index (κ3) is 3.97. The van der Waals surface area contributed by atoms with Crippen molar-refractivity contribution in [2.45, 2.75) is 33.4 Å². The summed E-state index contributed by atoms with van der Waals surface area (Å²) in [6.45, 7) is 5.98. The Morgan fingerprint density at radius 1 is 1.47 bits per heavy atom. The number of nitrogens with one attached hydrogen (secondary N) is 1. The van der Waals surface area contributed by atoms with Gasteiger partial charge in [0.1, 0.15) is 6.54 Å². The average Bonchev–Trinajstić information content (AvgIpc) is 2.68. The number of ether oxygens (including phenoxy) is 1. The molecule has 1 rings (SSSR count). The minimum atomic E-state index is -0.618. The molecule has 1 amide bonds. The minimum Gasteiger partial charge on any atom is -0.464 e. The number of nitrogens with two attached hydrogens (primary N) is 1. The maximum absolute atomic E-state index is 11.8. The van der Waals surface area contributed by atoms with Gasteiger partial charge in [-0.3, -0.25) is 9.48 Å². The lowest BCUT2D eigenvalue weighted by Gasteiger charge is -2.17. The van der Waals surface area contributed by atoms with Crippen molar-refractivity contribution >= 4 is 17.6 Å². The number of hydrogen-bond acceptors (Lipinski definition) is 5. The Kier molecular flexibility index (Phi) is 4.91. The summed E-state index contributed by atoms with van der Waals surface area (Å²) in [4.78, 5) is 23.1. The Balaban J connectivity index is 2.68. The van der Waals surface area contributed by atoms with E-state index in [1.165, 1.54) is 18.0 Å². The van der Waals surface area contributed by atoms with Crippen LogP contribution in [0.5, 0.6) is 0 Å². The third-order valence-corrected chi connectivity index (χ3v) is 2.86. The molecule has 0 fully saturated rings. The molecular formula is C12H20N4O3. The molecule has 106 valence electrons. The van der Waals surface area contributed by atoms with Gasteiger partial charge in [0.05, 0.1) is 12.8 Å². The molecular weight excluding hydrogens is 248 g/mol. The molecule has 0 aliphatic rings. The molecule has 0 saturated heterocycles. The van der Waals surface area contributed by atoms with E-state index >= 15 is 0 Å². The number of esters is 1. The SMILES string of the molecule is COC(=O)c1nn(CC(=O)NC(C)C(C)C)cc1N. The molecule has 1 atom stereocenters. The van der Waals surface area contributed by atoms with Crippen molar-refractivity contribution in [3.63, 3.8) is 0 Å². The van der Waals surface area contributed by atoms with E-state index in [1.54, 1.807) is 0 Å². The van der Waals surface area contributed by atoms with Gasteiger partial charge >= 0.3 is 5.97 Å². The van der Waals surface area contributed by atoms with E-state index < -0.39 is 5.97 Å². The normalized spacial score (nSPS) is 12.3. The monoisotopic (exact) mass is 268 g/mol. The first-order valence-corrected chi connectivity index (χ1v) is 6.05. The van der Waals surface area contributed by atoms with Crippen LogP contribution in [0.1, 0.15) is 31.3 Å². The summed E-state index contributed by atoms with van der Waals surface area (Å²) < 4.78 is 5.86. The van der Waals surface area contributed by atoms with Crippen molar-refractivity contribution in [3.8, 4) is 0 Å². The van der Waals surface area contributed by atoms with Crippen molar-refractivity contribution in [2.24, 2.45) is 5.92 Å². The van der Waals surface area contributed by atoms with Crippen molar-refractivity contribution in [2.75, 3.05) is 12.8 Å². The van der Waals surface area contributed by atoms with Crippen molar-refractivity contribution in [1.82, 2.24) is 15.1 Å². The van der Waals surface area contributed by atoms with Gasteiger partial charge in [0.15, 0.2) is 5.69 Å². The van der Waals surface area contributed by atoms with Crippen LogP contribution in [-0.4, -0.2) is 34.8 Å². The summed E-state index contributed by atoms with van der Waals surface area (Å²) >= 11 is 0. The van der Waals surface area contributed by atoms with Crippen molar-refractivity contribution in [3.05, 3.63) is 11.9 Å². The number of nitrogens with zero attached hydrogens (tertiary/aromatic N) is 2. The lowest BCUT2D eigenvalue weighted by atomic mass is 10.1. The Bertz CT molecular complexity index is 468. The van der Waals surface area contributed by atoms with Crippen LogP contribution < -0.4 is 11.1 Å². The second-order valence-electron chi connectivity index (χ2n) is 4.72. The number of amides is 1. The molecule has 7 nitrogen and oxygen atoms in total. The van der Waals surface area contributed by atoms with E-state index in [0.29, 0.717) is 5.92 Å². The van der Waals surface area contributed by atoms with E-state index in [9.17, 15) is 9.59 Å². The van der Waals surface area contributed by atoms with Crippen LogP contribution >= 0.6 is 0 Å². The van der Waals surface area contributed by atoms with Gasteiger partial charge in [-0.25, -0.2) is 4.79 Å². The molecule has 0 spiro atoms. The third-order valence-electron chi connectivity index (χ3n) is 2.86. The van der Waals surface area contributed by atoms with Crippen LogP contribution in [0.4, 0.5) is 5.69 Å². The van der Waals surface area contributed by atoms with Gasteiger partial charge in [-0.2, -0.15) is 5.10 Å². The maximum atomic E-state index is 11.8. The maximum Gasteiger partial charge on any atom is 0.360 e. The average molecular weight is 268 g/mol. The van der Waals surface area contributed by atoms with Gasteiger partial charge in [-0.05, 0) is 12.8 Å². The Hall–Kier alpha value is -2.05. The lowest BCUT2D eigenvalue weighted by molar-refractivity contribution is -0.122. The first kappa shape index (κ1) is 15.0. The largest absolute Gasteiger partial charge is 0.464 e. The Morgan fingerprint density at radius 2 is 2.11 bits per heavy atom. The van der Waals surface area contributed by atoms with Gasteiger partial charge in [0.2, 0.25) is 5.91 Å². The summed E-state index contributed by atoms with van der Waals surface area (Å²) in [6, 6.07) is 0.0699. The number of carbonyl (C=O) groups is 2. The molecule has 3 N–H and O–H groups in total. The Labute approximate surface area is 112 Å². The van der Waals surface area contributed by atoms with Gasteiger partial charge in [-0.15, -0.1) is 0 Å². The van der Waals surface area contributed by atoms with E-state index in [2.05, 4.69) is 15.2 Å². The zero-order chi connectivity index (χ0) is 14.6. The van der Waals surface area contributed by atoms with Gasteiger partial charge in [0, 0.05) is 12.2 Å². The highest BCUT2D eigenvalue weighted by Crippen LogP contribution is 2.10. The van der Waals surface area contributed by atoms with Crippen molar-refractivity contribution < 1.29 is 14.3 Å². The van der Waals surface area contributed by atoms with E-state index in [1.807, 2.05) is 20.8 Å². The molecule has 0 radical (unpaired) electrons. The number of carbonyl (C=O) groups excluding carboxylic acids is 2. The van der Waals surface area contributed by atoms with Crippen LogP contribution in [0.25, 0.3) is 0 Å². The number of methoxy groups -OCH3 is 1.